The van der Waals surface area contributed by atoms with Crippen molar-refractivity contribution in [3.63, 3.8) is 0 Å². The van der Waals surface area contributed by atoms with E-state index in [4.69, 9.17) is 4.74 Å². The Morgan fingerprint density at radius 2 is 1.88 bits per heavy atom. The number of rotatable bonds is 3. The number of aliphatic hydroxyl groups is 2. The Balaban J connectivity index is 1.67. The van der Waals surface area contributed by atoms with Gasteiger partial charge in [-0.25, -0.2) is 0 Å². The van der Waals surface area contributed by atoms with Gasteiger partial charge in [0.2, 0.25) is 0 Å². The number of methoxy groups -OCH3 is 1. The molecule has 4 aliphatic rings. The summed E-state index contributed by atoms with van der Waals surface area (Å²) >= 11 is 0. The van der Waals surface area contributed by atoms with Gasteiger partial charge in [-0.1, -0.05) is 26.0 Å². The number of aliphatic hydroxyl groups excluding tert-OH is 2. The van der Waals surface area contributed by atoms with Crippen molar-refractivity contribution >= 4 is 0 Å². The number of ether oxygens (including phenoxy) is 1. The van der Waals surface area contributed by atoms with E-state index in [1.807, 2.05) is 0 Å². The fraction of sp³-hybridized carbons (Fsp3) is 0.909. The summed E-state index contributed by atoms with van der Waals surface area (Å²) < 4.78 is 5.45. The van der Waals surface area contributed by atoms with Gasteiger partial charge in [0, 0.05) is 12.5 Å². The lowest BCUT2D eigenvalue weighted by atomic mass is 9.46. The maximum atomic E-state index is 11.3. The number of allylic oxidation sites excluding steroid dienone is 2. The number of hydrogen-bond donors (Lipinski definition) is 2. The zero-order valence-electron chi connectivity index (χ0n) is 16.2. The molecule has 0 amide bonds. The minimum absolute atomic E-state index is 0.0358. The molecule has 0 aromatic rings. The summed E-state index contributed by atoms with van der Waals surface area (Å²) in [7, 11) is 1.69. The first kappa shape index (κ1) is 18.0. The molecule has 142 valence electrons. The van der Waals surface area contributed by atoms with Crippen molar-refractivity contribution in [2.24, 2.45) is 39.9 Å². The third-order valence-corrected chi connectivity index (χ3v) is 9.23. The van der Waals surface area contributed by atoms with E-state index in [2.05, 4.69) is 26.0 Å². The van der Waals surface area contributed by atoms with Gasteiger partial charge in [0.1, 0.15) is 0 Å². The Labute approximate surface area is 152 Å². The van der Waals surface area contributed by atoms with Gasteiger partial charge in [0.05, 0.1) is 19.3 Å². The molecule has 4 rings (SSSR count). The summed E-state index contributed by atoms with van der Waals surface area (Å²) in [4.78, 5) is 0. The van der Waals surface area contributed by atoms with Gasteiger partial charge in [0.15, 0.2) is 0 Å². The highest BCUT2D eigenvalue weighted by Gasteiger charge is 2.65. The summed E-state index contributed by atoms with van der Waals surface area (Å²) in [6.45, 7) is 5.34. The van der Waals surface area contributed by atoms with Crippen molar-refractivity contribution in [2.45, 2.75) is 64.9 Å². The standard InChI is InChI=1S/C22H36O3/c1-20-10-5-4-6-15(20)7-8-16-17(20)9-11-21(2)18(16)12-22(13-23,14-25-3)19(21)24/h4-5,15-19,23-24H,6-14H2,1-3H3/t15-,16-,17+,18+,19-,20+,21+,22+/m1/s1. The lowest BCUT2D eigenvalue weighted by molar-refractivity contribution is -0.122. The van der Waals surface area contributed by atoms with Crippen LogP contribution < -0.4 is 0 Å². The highest BCUT2D eigenvalue weighted by Crippen LogP contribution is 2.68. The molecule has 0 unspecified atom stereocenters. The third kappa shape index (κ3) is 2.34. The van der Waals surface area contributed by atoms with Gasteiger partial charge >= 0.3 is 0 Å². The van der Waals surface area contributed by atoms with Crippen molar-refractivity contribution in [3.05, 3.63) is 12.2 Å². The Hall–Kier alpha value is -0.380. The quantitative estimate of drug-likeness (QED) is 0.763. The van der Waals surface area contributed by atoms with Crippen LogP contribution in [0.25, 0.3) is 0 Å². The summed E-state index contributed by atoms with van der Waals surface area (Å²) in [5, 5.41) is 21.4. The molecular formula is C22H36O3. The molecule has 0 aromatic carbocycles. The van der Waals surface area contributed by atoms with Crippen molar-refractivity contribution in [1.29, 1.82) is 0 Å². The molecule has 0 spiro atoms. The first-order valence-electron chi connectivity index (χ1n) is 10.3. The fourth-order valence-electron chi connectivity index (χ4n) is 7.78. The monoisotopic (exact) mass is 348 g/mol. The molecule has 3 saturated carbocycles. The van der Waals surface area contributed by atoms with Crippen LogP contribution >= 0.6 is 0 Å². The molecule has 0 heterocycles. The predicted octanol–water partition coefficient (Wildman–Crippen LogP) is 3.79. The minimum Gasteiger partial charge on any atom is -0.396 e. The van der Waals surface area contributed by atoms with E-state index in [9.17, 15) is 10.2 Å². The van der Waals surface area contributed by atoms with Crippen LogP contribution in [0.3, 0.4) is 0 Å². The average molecular weight is 349 g/mol. The van der Waals surface area contributed by atoms with E-state index in [-0.39, 0.29) is 12.0 Å². The first-order valence-corrected chi connectivity index (χ1v) is 10.3. The number of fused-ring (bicyclic) bond motifs is 5. The van der Waals surface area contributed by atoms with Crippen LogP contribution in [0.5, 0.6) is 0 Å². The van der Waals surface area contributed by atoms with Gasteiger partial charge in [-0.15, -0.1) is 0 Å². The zero-order valence-corrected chi connectivity index (χ0v) is 16.2. The third-order valence-electron chi connectivity index (χ3n) is 9.23. The van der Waals surface area contributed by atoms with Crippen LogP contribution in [-0.2, 0) is 4.74 Å². The summed E-state index contributed by atoms with van der Waals surface area (Å²) in [6, 6.07) is 0. The molecule has 0 radical (unpaired) electrons. The predicted molar refractivity (Wildman–Crippen MR) is 99.0 cm³/mol. The Bertz CT molecular complexity index is 545. The molecule has 2 N–H and O–H groups in total. The Morgan fingerprint density at radius 1 is 1.08 bits per heavy atom. The van der Waals surface area contributed by atoms with Gasteiger partial charge in [-0.2, -0.15) is 0 Å². The topological polar surface area (TPSA) is 49.7 Å². The molecule has 0 aromatic heterocycles. The molecule has 25 heavy (non-hydrogen) atoms. The van der Waals surface area contributed by atoms with E-state index >= 15 is 0 Å². The van der Waals surface area contributed by atoms with Crippen LogP contribution in [0.4, 0.5) is 0 Å². The lowest BCUT2D eigenvalue weighted by Gasteiger charge is -2.59. The Kier molecular flexibility index (Phi) is 4.37. The van der Waals surface area contributed by atoms with Crippen molar-refractivity contribution in [1.82, 2.24) is 0 Å². The van der Waals surface area contributed by atoms with Crippen LogP contribution in [-0.4, -0.2) is 36.6 Å². The van der Waals surface area contributed by atoms with Crippen LogP contribution in [0.2, 0.25) is 0 Å². The molecule has 0 aliphatic heterocycles. The van der Waals surface area contributed by atoms with Crippen LogP contribution in [0, 0.1) is 39.9 Å². The lowest BCUT2D eigenvalue weighted by Crippen LogP contribution is -2.53. The van der Waals surface area contributed by atoms with E-state index in [1.165, 1.54) is 32.1 Å². The molecule has 8 atom stereocenters. The average Bonchev–Trinajstić information content (AvgIpc) is 2.84. The van der Waals surface area contributed by atoms with Gasteiger partial charge in [-0.3, -0.25) is 0 Å². The minimum atomic E-state index is -0.465. The van der Waals surface area contributed by atoms with E-state index < -0.39 is 11.5 Å². The summed E-state index contributed by atoms with van der Waals surface area (Å²) in [6.07, 6.45) is 12.7. The number of hydrogen-bond acceptors (Lipinski definition) is 3. The van der Waals surface area contributed by atoms with Crippen LogP contribution in [0.15, 0.2) is 12.2 Å². The summed E-state index contributed by atoms with van der Waals surface area (Å²) in [5.41, 5.74) is -0.0842. The van der Waals surface area contributed by atoms with Crippen molar-refractivity contribution in [2.75, 3.05) is 20.3 Å². The molecule has 3 fully saturated rings. The second-order valence-electron chi connectivity index (χ2n) is 10.2. The molecule has 3 nitrogen and oxygen atoms in total. The molecule has 0 bridgehead atoms. The molecule has 3 heteroatoms. The zero-order chi connectivity index (χ0) is 17.9. The second kappa shape index (κ2) is 6.07. The largest absolute Gasteiger partial charge is 0.396 e. The highest BCUT2D eigenvalue weighted by atomic mass is 16.5. The molecule has 0 saturated heterocycles. The van der Waals surface area contributed by atoms with Crippen LogP contribution in [0.1, 0.15) is 58.8 Å². The van der Waals surface area contributed by atoms with Gasteiger partial charge in [-0.05, 0) is 79.4 Å². The highest BCUT2D eigenvalue weighted by molar-refractivity contribution is 5.16. The smallest absolute Gasteiger partial charge is 0.0696 e. The van der Waals surface area contributed by atoms with E-state index in [0.717, 1.165) is 24.7 Å². The maximum Gasteiger partial charge on any atom is 0.0696 e. The Morgan fingerprint density at radius 3 is 2.60 bits per heavy atom. The van der Waals surface area contributed by atoms with Gasteiger partial charge in [0.25, 0.3) is 0 Å². The SMILES string of the molecule is COC[C@@]1(CO)C[C@H]2[C@@H]3CC[C@H]4CC=CC[C@]4(C)[C@H]3CC[C@]2(C)[C@H]1O. The maximum absolute atomic E-state index is 11.3. The first-order chi connectivity index (χ1) is 11.9. The second-order valence-corrected chi connectivity index (χ2v) is 10.2. The van der Waals surface area contributed by atoms with Crippen molar-refractivity contribution in [3.8, 4) is 0 Å². The summed E-state index contributed by atoms with van der Waals surface area (Å²) in [5.74, 6) is 2.84. The van der Waals surface area contributed by atoms with Crippen molar-refractivity contribution < 1.29 is 14.9 Å². The van der Waals surface area contributed by atoms with E-state index in [1.54, 1.807) is 7.11 Å². The van der Waals surface area contributed by atoms with E-state index in [0.29, 0.717) is 23.9 Å². The normalized spacial score (nSPS) is 54.7. The molecule has 4 aliphatic carbocycles. The molecular weight excluding hydrogens is 312 g/mol. The fourth-order valence-corrected chi connectivity index (χ4v) is 7.78. The van der Waals surface area contributed by atoms with Gasteiger partial charge < -0.3 is 14.9 Å².